The molecule has 28 heavy (non-hydrogen) atoms. The van der Waals surface area contributed by atoms with Crippen molar-refractivity contribution < 1.29 is 22.7 Å². The summed E-state index contributed by atoms with van der Waals surface area (Å²) in [5.74, 6) is -1.46. The van der Waals surface area contributed by atoms with Crippen LogP contribution in [0.2, 0.25) is 0 Å². The van der Waals surface area contributed by atoms with Gasteiger partial charge in [-0.1, -0.05) is 25.1 Å². The molecule has 1 amide bonds. The van der Waals surface area contributed by atoms with Crippen molar-refractivity contribution in [2.45, 2.75) is 24.8 Å². The van der Waals surface area contributed by atoms with Crippen molar-refractivity contribution in [1.29, 1.82) is 5.26 Å². The van der Waals surface area contributed by atoms with Crippen LogP contribution in [0.3, 0.4) is 0 Å². The molecule has 0 radical (unpaired) electrons. The first-order chi connectivity index (χ1) is 13.3. The van der Waals surface area contributed by atoms with Crippen molar-refractivity contribution in [3.63, 3.8) is 0 Å². The highest BCUT2D eigenvalue weighted by Crippen LogP contribution is 2.16. The number of nitriles is 1. The first-order valence-electron chi connectivity index (χ1n) is 8.39. The molecule has 2 aromatic rings. The molecule has 0 spiro atoms. The van der Waals surface area contributed by atoms with E-state index in [4.69, 9.17) is 10.00 Å². The first-order valence-corrected chi connectivity index (χ1v) is 9.87. The van der Waals surface area contributed by atoms with Crippen LogP contribution in [0.1, 0.15) is 29.8 Å². The van der Waals surface area contributed by atoms with Gasteiger partial charge in [0.05, 0.1) is 21.7 Å². The van der Waals surface area contributed by atoms with Gasteiger partial charge in [-0.3, -0.25) is 4.79 Å². The second kappa shape index (κ2) is 9.12. The largest absolute Gasteiger partial charge is 0.449 e. The van der Waals surface area contributed by atoms with Crippen molar-refractivity contribution in [2.75, 3.05) is 11.9 Å². The number of amides is 1. The fourth-order valence-corrected chi connectivity index (χ4v) is 3.36. The summed E-state index contributed by atoms with van der Waals surface area (Å²) in [7, 11) is -3.73. The molecule has 0 fully saturated rings. The second-order valence-electron chi connectivity index (χ2n) is 5.72. The maximum Gasteiger partial charge on any atom is 0.338 e. The van der Waals surface area contributed by atoms with Crippen molar-refractivity contribution >= 4 is 27.6 Å². The topological polar surface area (TPSA) is 125 Å². The number of para-hydroxylation sites is 1. The normalized spacial score (nSPS) is 11.9. The Labute approximate surface area is 163 Å². The Morgan fingerprint density at radius 3 is 2.57 bits per heavy atom. The first kappa shape index (κ1) is 21.1. The predicted octanol–water partition coefficient (Wildman–Crippen LogP) is 2.04. The predicted molar refractivity (Wildman–Crippen MR) is 102 cm³/mol. The molecule has 0 saturated heterocycles. The van der Waals surface area contributed by atoms with Gasteiger partial charge in [0.2, 0.25) is 10.0 Å². The van der Waals surface area contributed by atoms with Crippen LogP contribution in [-0.2, 0) is 19.6 Å². The number of hydrogen-bond acceptors (Lipinski definition) is 6. The molecule has 0 aromatic heterocycles. The van der Waals surface area contributed by atoms with E-state index in [2.05, 4.69) is 10.0 Å². The Morgan fingerprint density at radius 1 is 1.18 bits per heavy atom. The minimum absolute atomic E-state index is 0.00365. The van der Waals surface area contributed by atoms with Crippen molar-refractivity contribution in [2.24, 2.45) is 0 Å². The molecule has 2 N–H and O–H groups in total. The Kier molecular flexibility index (Phi) is 6.87. The zero-order chi connectivity index (χ0) is 20.7. The number of ether oxygens (including phenoxy) is 1. The van der Waals surface area contributed by atoms with Crippen LogP contribution in [0.4, 0.5) is 5.69 Å². The monoisotopic (exact) mass is 401 g/mol. The molecule has 2 rings (SSSR count). The van der Waals surface area contributed by atoms with Gasteiger partial charge in [-0.15, -0.1) is 0 Å². The number of benzene rings is 2. The maximum atomic E-state index is 12.3. The Morgan fingerprint density at radius 2 is 1.89 bits per heavy atom. The summed E-state index contributed by atoms with van der Waals surface area (Å²) in [5.41, 5.74) is 0.573. The van der Waals surface area contributed by atoms with Gasteiger partial charge in [0.1, 0.15) is 6.07 Å². The van der Waals surface area contributed by atoms with Crippen LogP contribution < -0.4 is 10.0 Å². The Bertz CT molecular complexity index is 1030. The van der Waals surface area contributed by atoms with Crippen molar-refractivity contribution in [1.82, 2.24) is 4.72 Å². The smallest absolute Gasteiger partial charge is 0.338 e. The number of rotatable bonds is 7. The fraction of sp³-hybridized carbons (Fsp3) is 0.211. The van der Waals surface area contributed by atoms with Gasteiger partial charge in [-0.2, -0.15) is 5.26 Å². The van der Waals surface area contributed by atoms with Gasteiger partial charge >= 0.3 is 5.97 Å². The van der Waals surface area contributed by atoms with Gasteiger partial charge in [-0.05, 0) is 37.3 Å². The van der Waals surface area contributed by atoms with Crippen molar-refractivity contribution in [3.05, 3.63) is 59.7 Å². The van der Waals surface area contributed by atoms with E-state index in [0.29, 0.717) is 5.69 Å². The number of hydrogen-bond donors (Lipinski definition) is 2. The van der Waals surface area contributed by atoms with Crippen LogP contribution in [0.25, 0.3) is 0 Å². The van der Waals surface area contributed by atoms with Gasteiger partial charge in [0, 0.05) is 6.54 Å². The fourth-order valence-electron chi connectivity index (χ4n) is 2.27. The second-order valence-corrected chi connectivity index (χ2v) is 7.49. The molecule has 0 aliphatic carbocycles. The summed E-state index contributed by atoms with van der Waals surface area (Å²) in [4.78, 5) is 24.5. The summed E-state index contributed by atoms with van der Waals surface area (Å²) < 4.78 is 31.5. The number of carbonyl (C=O) groups is 2. The molecule has 0 unspecified atom stereocenters. The van der Waals surface area contributed by atoms with Gasteiger partial charge in [-0.25, -0.2) is 17.9 Å². The molecule has 0 bridgehead atoms. The van der Waals surface area contributed by atoms with Crippen LogP contribution in [0.5, 0.6) is 0 Å². The minimum Gasteiger partial charge on any atom is -0.449 e. The number of nitrogens with zero attached hydrogens (tertiary/aromatic N) is 1. The van der Waals surface area contributed by atoms with E-state index in [1.165, 1.54) is 31.2 Å². The van der Waals surface area contributed by atoms with E-state index in [0.717, 1.165) is 0 Å². The summed E-state index contributed by atoms with van der Waals surface area (Å²) in [5, 5.41) is 11.6. The summed E-state index contributed by atoms with van der Waals surface area (Å²) in [6.45, 7) is 3.22. The molecule has 146 valence electrons. The highest BCUT2D eigenvalue weighted by Gasteiger charge is 2.21. The van der Waals surface area contributed by atoms with E-state index in [1.807, 2.05) is 6.07 Å². The number of anilines is 1. The Hall–Kier alpha value is -3.22. The summed E-state index contributed by atoms with van der Waals surface area (Å²) in [6, 6.07) is 13.7. The molecule has 2 aromatic carbocycles. The van der Waals surface area contributed by atoms with E-state index in [9.17, 15) is 18.0 Å². The number of sulfonamides is 1. The number of nitrogens with one attached hydrogen (secondary N) is 2. The summed E-state index contributed by atoms with van der Waals surface area (Å²) >= 11 is 0. The average molecular weight is 401 g/mol. The third-order valence-electron chi connectivity index (χ3n) is 3.67. The highest BCUT2D eigenvalue weighted by atomic mass is 32.2. The Balaban J connectivity index is 2.10. The van der Waals surface area contributed by atoms with Crippen LogP contribution in [0, 0.1) is 11.3 Å². The van der Waals surface area contributed by atoms with E-state index >= 15 is 0 Å². The quantitative estimate of drug-likeness (QED) is 0.684. The SMILES string of the molecule is CCNS(=O)(=O)c1cccc(C(=O)O[C@H](C)C(=O)Nc2ccccc2C#N)c1. The molecule has 1 atom stereocenters. The third kappa shape index (κ3) is 5.16. The molecule has 0 heterocycles. The molecule has 8 nitrogen and oxygen atoms in total. The lowest BCUT2D eigenvalue weighted by Crippen LogP contribution is -2.30. The number of carbonyl (C=O) groups excluding carboxylic acids is 2. The lowest BCUT2D eigenvalue weighted by molar-refractivity contribution is -0.123. The average Bonchev–Trinajstić information content (AvgIpc) is 2.68. The van der Waals surface area contributed by atoms with Crippen LogP contribution in [-0.4, -0.2) is 32.9 Å². The van der Waals surface area contributed by atoms with Gasteiger partial charge < -0.3 is 10.1 Å². The highest BCUT2D eigenvalue weighted by molar-refractivity contribution is 7.89. The summed E-state index contributed by atoms with van der Waals surface area (Å²) in [6.07, 6.45) is -1.16. The molecule has 9 heteroatoms. The third-order valence-corrected chi connectivity index (χ3v) is 5.22. The van der Waals surface area contributed by atoms with E-state index in [1.54, 1.807) is 31.2 Å². The molecule has 0 aliphatic heterocycles. The van der Waals surface area contributed by atoms with E-state index < -0.39 is 28.0 Å². The molecule has 0 aliphatic rings. The minimum atomic E-state index is -3.73. The lowest BCUT2D eigenvalue weighted by Gasteiger charge is -2.14. The van der Waals surface area contributed by atoms with Crippen molar-refractivity contribution in [3.8, 4) is 6.07 Å². The molecule has 0 saturated carbocycles. The molecular formula is C19H19N3O5S. The van der Waals surface area contributed by atoms with Crippen LogP contribution in [0.15, 0.2) is 53.4 Å². The number of esters is 1. The van der Waals surface area contributed by atoms with Gasteiger partial charge in [0.15, 0.2) is 6.10 Å². The van der Waals surface area contributed by atoms with Gasteiger partial charge in [0.25, 0.3) is 5.91 Å². The zero-order valence-electron chi connectivity index (χ0n) is 15.3. The standard InChI is InChI=1S/C19H19N3O5S/c1-3-21-28(25,26)16-9-6-8-14(11-16)19(24)27-13(2)18(23)22-17-10-5-4-7-15(17)12-20/h4-11,13,21H,3H2,1-2H3,(H,22,23)/t13-/m1/s1. The van der Waals surface area contributed by atoms with E-state index in [-0.39, 0.29) is 22.6 Å². The molecular weight excluding hydrogens is 382 g/mol. The van der Waals surface area contributed by atoms with Crippen LogP contribution >= 0.6 is 0 Å². The maximum absolute atomic E-state index is 12.3. The zero-order valence-corrected chi connectivity index (χ0v) is 16.1. The lowest BCUT2D eigenvalue weighted by atomic mass is 10.2.